The topological polar surface area (TPSA) is 23.8 Å². The lowest BCUT2D eigenvalue weighted by molar-refractivity contribution is 1.39. The predicted molar refractivity (Wildman–Crippen MR) is 56.6 cm³/mol. The van der Waals surface area contributed by atoms with Crippen LogP contribution in [-0.4, -0.2) is 5.75 Å². The quantitative estimate of drug-likeness (QED) is 0.488. The van der Waals surface area contributed by atoms with Crippen molar-refractivity contribution in [2.24, 2.45) is 0 Å². The second-order valence-electron chi connectivity index (χ2n) is 2.57. The first-order valence-corrected chi connectivity index (χ1v) is 4.52. The number of benzene rings is 1. The third-order valence-electron chi connectivity index (χ3n) is 1.69. The number of hydrogen-bond donors (Lipinski definition) is 1. The van der Waals surface area contributed by atoms with E-state index in [-0.39, 0.29) is 0 Å². The normalized spacial score (nSPS) is 8.38. The van der Waals surface area contributed by atoms with Crippen LogP contribution in [0.4, 0.5) is 0 Å². The van der Waals surface area contributed by atoms with Crippen molar-refractivity contribution in [1.82, 2.24) is 0 Å². The summed E-state index contributed by atoms with van der Waals surface area (Å²) in [5.41, 5.74) is 2.49. The highest BCUT2D eigenvalue weighted by atomic mass is 32.1. The molecule has 0 radical (unpaired) electrons. The van der Waals surface area contributed by atoms with E-state index in [1.807, 2.05) is 19.1 Å². The molecule has 64 valence electrons. The summed E-state index contributed by atoms with van der Waals surface area (Å²) >= 11 is 3.99. The lowest BCUT2D eigenvalue weighted by Gasteiger charge is -1.98. The van der Waals surface area contributed by atoms with E-state index in [0.29, 0.717) is 11.3 Å². The number of nitrogens with zero attached hydrogens (tertiary/aromatic N) is 1. The van der Waals surface area contributed by atoms with Crippen LogP contribution in [0.15, 0.2) is 18.2 Å². The Morgan fingerprint density at radius 3 is 2.85 bits per heavy atom. The smallest absolute Gasteiger partial charge is 0.100 e. The molecular weight excluding hydrogens is 178 g/mol. The molecule has 0 spiro atoms. The fourth-order valence-corrected chi connectivity index (χ4v) is 1.13. The summed E-state index contributed by atoms with van der Waals surface area (Å²) in [6.45, 7) is 1.95. The standard InChI is InChI=1S/C11H9NS/c1-9-4-2-5-10(8-12)11(9)6-3-7-13/h2,4-5,13H,7H2,1H3. The van der Waals surface area contributed by atoms with Crippen molar-refractivity contribution < 1.29 is 0 Å². The van der Waals surface area contributed by atoms with Crippen molar-refractivity contribution in [2.75, 3.05) is 5.75 Å². The molecule has 0 saturated carbocycles. The zero-order valence-corrected chi connectivity index (χ0v) is 8.23. The third kappa shape index (κ3) is 2.28. The fraction of sp³-hybridized carbons (Fsp3) is 0.182. The van der Waals surface area contributed by atoms with E-state index < -0.39 is 0 Å². The van der Waals surface area contributed by atoms with Gasteiger partial charge in [0.05, 0.1) is 11.3 Å². The number of thiol groups is 1. The van der Waals surface area contributed by atoms with Gasteiger partial charge in [-0.3, -0.25) is 0 Å². The summed E-state index contributed by atoms with van der Waals surface area (Å²) in [6, 6.07) is 7.70. The highest BCUT2D eigenvalue weighted by Crippen LogP contribution is 2.11. The van der Waals surface area contributed by atoms with E-state index in [1.54, 1.807) is 6.07 Å². The molecule has 0 aromatic heterocycles. The van der Waals surface area contributed by atoms with Crippen LogP contribution in [0.1, 0.15) is 16.7 Å². The van der Waals surface area contributed by atoms with Gasteiger partial charge in [-0.05, 0) is 18.6 Å². The maximum atomic E-state index is 8.81. The average Bonchev–Trinajstić information content (AvgIpc) is 2.15. The highest BCUT2D eigenvalue weighted by molar-refractivity contribution is 7.80. The molecule has 0 bridgehead atoms. The van der Waals surface area contributed by atoms with Gasteiger partial charge in [-0.15, -0.1) is 0 Å². The maximum Gasteiger partial charge on any atom is 0.100 e. The van der Waals surface area contributed by atoms with Crippen LogP contribution in [-0.2, 0) is 0 Å². The molecule has 1 nitrogen and oxygen atoms in total. The molecule has 0 unspecified atom stereocenters. The predicted octanol–water partition coefficient (Wildman–Crippen LogP) is 2.15. The van der Waals surface area contributed by atoms with Gasteiger partial charge in [0.15, 0.2) is 0 Å². The molecular formula is C11H9NS. The van der Waals surface area contributed by atoms with Crippen molar-refractivity contribution in [3.8, 4) is 17.9 Å². The van der Waals surface area contributed by atoms with Gasteiger partial charge in [0.2, 0.25) is 0 Å². The van der Waals surface area contributed by atoms with Gasteiger partial charge in [-0.2, -0.15) is 17.9 Å². The average molecular weight is 187 g/mol. The van der Waals surface area contributed by atoms with Crippen LogP contribution in [0.5, 0.6) is 0 Å². The maximum absolute atomic E-state index is 8.81. The van der Waals surface area contributed by atoms with Crippen molar-refractivity contribution in [3.63, 3.8) is 0 Å². The van der Waals surface area contributed by atoms with E-state index in [4.69, 9.17) is 5.26 Å². The molecule has 0 fully saturated rings. The Bertz CT molecular complexity index is 404. The minimum absolute atomic E-state index is 0.513. The van der Waals surface area contributed by atoms with Crippen molar-refractivity contribution >= 4 is 12.6 Å². The Kier molecular flexibility index (Phi) is 3.43. The molecule has 0 saturated heterocycles. The van der Waals surface area contributed by atoms with E-state index in [1.165, 1.54) is 0 Å². The molecule has 0 heterocycles. The molecule has 1 aromatic rings. The van der Waals surface area contributed by atoms with E-state index >= 15 is 0 Å². The van der Waals surface area contributed by atoms with Crippen LogP contribution in [0.2, 0.25) is 0 Å². The zero-order chi connectivity index (χ0) is 9.68. The third-order valence-corrected chi connectivity index (χ3v) is 1.84. The van der Waals surface area contributed by atoms with Crippen LogP contribution in [0.3, 0.4) is 0 Å². The molecule has 0 amide bonds. The molecule has 0 aliphatic heterocycles. The SMILES string of the molecule is Cc1cccc(C#N)c1C#CCS. The number of rotatable bonds is 0. The van der Waals surface area contributed by atoms with Gasteiger partial charge >= 0.3 is 0 Å². The lowest BCUT2D eigenvalue weighted by atomic mass is 10.0. The Morgan fingerprint density at radius 2 is 2.23 bits per heavy atom. The Labute approximate surface area is 83.8 Å². The van der Waals surface area contributed by atoms with E-state index in [0.717, 1.165) is 11.1 Å². The minimum atomic E-state index is 0.513. The highest BCUT2D eigenvalue weighted by Gasteiger charge is 2.00. The Balaban J connectivity index is 3.25. The van der Waals surface area contributed by atoms with Gasteiger partial charge in [-0.25, -0.2) is 0 Å². The molecule has 0 N–H and O–H groups in total. The Hall–Kier alpha value is -1.38. The van der Waals surface area contributed by atoms with Crippen LogP contribution < -0.4 is 0 Å². The van der Waals surface area contributed by atoms with Gasteiger partial charge in [0.25, 0.3) is 0 Å². The second-order valence-corrected chi connectivity index (χ2v) is 2.89. The van der Waals surface area contributed by atoms with Crippen LogP contribution in [0, 0.1) is 30.1 Å². The molecule has 2 heteroatoms. The van der Waals surface area contributed by atoms with Crippen LogP contribution >= 0.6 is 12.6 Å². The van der Waals surface area contributed by atoms with E-state index in [9.17, 15) is 0 Å². The molecule has 13 heavy (non-hydrogen) atoms. The first kappa shape index (κ1) is 9.71. The summed E-state index contributed by atoms with van der Waals surface area (Å²) in [4.78, 5) is 0. The van der Waals surface area contributed by atoms with Crippen molar-refractivity contribution in [3.05, 3.63) is 34.9 Å². The van der Waals surface area contributed by atoms with Gasteiger partial charge < -0.3 is 0 Å². The lowest BCUT2D eigenvalue weighted by Crippen LogP contribution is -1.87. The molecule has 0 atom stereocenters. The fourth-order valence-electron chi connectivity index (χ4n) is 1.05. The largest absolute Gasteiger partial charge is 0.192 e. The molecule has 1 aromatic carbocycles. The summed E-state index contributed by atoms with van der Waals surface area (Å²) < 4.78 is 0. The molecule has 1 rings (SSSR count). The first-order valence-electron chi connectivity index (χ1n) is 3.89. The van der Waals surface area contributed by atoms with Crippen molar-refractivity contribution in [1.29, 1.82) is 5.26 Å². The van der Waals surface area contributed by atoms with Gasteiger partial charge in [0.1, 0.15) is 6.07 Å². The van der Waals surface area contributed by atoms with E-state index in [2.05, 4.69) is 30.5 Å². The first-order chi connectivity index (χ1) is 6.29. The summed E-state index contributed by atoms with van der Waals surface area (Å²) in [5, 5.41) is 8.81. The van der Waals surface area contributed by atoms with Gasteiger partial charge in [0, 0.05) is 5.56 Å². The summed E-state index contributed by atoms with van der Waals surface area (Å²) in [7, 11) is 0. The number of nitriles is 1. The number of hydrogen-bond acceptors (Lipinski definition) is 2. The monoisotopic (exact) mass is 187 g/mol. The number of aryl methyl sites for hydroxylation is 1. The second kappa shape index (κ2) is 4.60. The zero-order valence-electron chi connectivity index (χ0n) is 7.33. The van der Waals surface area contributed by atoms with Crippen molar-refractivity contribution in [2.45, 2.75) is 6.92 Å². The summed E-state index contributed by atoms with van der Waals surface area (Å²) in [6.07, 6.45) is 0. The van der Waals surface area contributed by atoms with Gasteiger partial charge in [-0.1, -0.05) is 24.0 Å². The van der Waals surface area contributed by atoms with Crippen LogP contribution in [0.25, 0.3) is 0 Å². The Morgan fingerprint density at radius 1 is 1.46 bits per heavy atom. The molecule has 0 aliphatic carbocycles. The minimum Gasteiger partial charge on any atom is -0.192 e. The molecule has 0 aliphatic rings. The summed E-state index contributed by atoms with van der Waals surface area (Å²) in [5.74, 6) is 6.29.